The molecule has 0 fully saturated rings. The summed E-state index contributed by atoms with van der Waals surface area (Å²) in [6.45, 7) is 4.52. The van der Waals surface area contributed by atoms with E-state index in [1.807, 2.05) is 0 Å². The number of hydrogen-bond donors (Lipinski definition) is 3. The molecule has 5 nitrogen and oxygen atoms in total. The summed E-state index contributed by atoms with van der Waals surface area (Å²) < 4.78 is 0. The molecule has 0 saturated carbocycles. The van der Waals surface area contributed by atoms with Gasteiger partial charge in [0.05, 0.1) is 0 Å². The predicted octanol–water partition coefficient (Wildman–Crippen LogP) is 0.590. The molecule has 0 aromatic heterocycles. The SMILES string of the molecule is C#CCC(NC(=O)C[C@@H](CN)CC(C)C)C(=O)O. The number of terminal acetylenes is 1. The molecule has 0 aliphatic heterocycles. The highest BCUT2D eigenvalue weighted by Gasteiger charge is 2.21. The van der Waals surface area contributed by atoms with Crippen LogP contribution in [0.15, 0.2) is 0 Å². The van der Waals surface area contributed by atoms with Gasteiger partial charge >= 0.3 is 5.97 Å². The number of carbonyl (C=O) groups excluding carboxylic acids is 1. The van der Waals surface area contributed by atoms with Crippen molar-refractivity contribution in [3.8, 4) is 12.3 Å². The van der Waals surface area contributed by atoms with Gasteiger partial charge < -0.3 is 16.2 Å². The fraction of sp³-hybridized carbons (Fsp3) is 0.692. The van der Waals surface area contributed by atoms with E-state index in [4.69, 9.17) is 17.3 Å². The molecule has 0 aromatic carbocycles. The van der Waals surface area contributed by atoms with E-state index in [0.717, 1.165) is 6.42 Å². The average molecular weight is 254 g/mol. The van der Waals surface area contributed by atoms with Crippen LogP contribution in [0.2, 0.25) is 0 Å². The van der Waals surface area contributed by atoms with Gasteiger partial charge in [-0.05, 0) is 24.8 Å². The third-order valence-corrected chi connectivity index (χ3v) is 2.57. The van der Waals surface area contributed by atoms with Crippen molar-refractivity contribution in [2.75, 3.05) is 6.54 Å². The molecule has 18 heavy (non-hydrogen) atoms. The third kappa shape index (κ3) is 6.92. The molecule has 1 unspecified atom stereocenters. The number of hydrogen-bond acceptors (Lipinski definition) is 3. The lowest BCUT2D eigenvalue weighted by Crippen LogP contribution is -2.41. The summed E-state index contributed by atoms with van der Waals surface area (Å²) in [6, 6.07) is -1.01. The second-order valence-electron chi connectivity index (χ2n) is 4.80. The van der Waals surface area contributed by atoms with Crippen LogP contribution in [0.25, 0.3) is 0 Å². The molecular weight excluding hydrogens is 232 g/mol. The first-order chi connectivity index (χ1) is 8.40. The van der Waals surface area contributed by atoms with Gasteiger partial charge in [-0.25, -0.2) is 4.79 Å². The van der Waals surface area contributed by atoms with Crippen LogP contribution in [-0.4, -0.2) is 29.6 Å². The van der Waals surface area contributed by atoms with Crippen molar-refractivity contribution in [1.29, 1.82) is 0 Å². The number of amides is 1. The Morgan fingerprint density at radius 1 is 1.44 bits per heavy atom. The molecule has 0 aromatic rings. The minimum Gasteiger partial charge on any atom is -0.480 e. The minimum absolute atomic E-state index is 0.0153. The zero-order valence-corrected chi connectivity index (χ0v) is 11.0. The number of nitrogens with one attached hydrogen (secondary N) is 1. The largest absolute Gasteiger partial charge is 0.480 e. The Balaban J connectivity index is 4.30. The number of carboxylic acids is 1. The molecule has 0 radical (unpaired) electrons. The monoisotopic (exact) mass is 254 g/mol. The number of aliphatic carboxylic acids is 1. The molecule has 0 bridgehead atoms. The van der Waals surface area contributed by atoms with E-state index in [1.54, 1.807) is 0 Å². The number of nitrogens with two attached hydrogens (primary N) is 1. The van der Waals surface area contributed by atoms with Crippen LogP contribution in [0.3, 0.4) is 0 Å². The molecule has 0 aliphatic carbocycles. The summed E-state index contributed by atoms with van der Waals surface area (Å²) in [5.41, 5.74) is 5.59. The highest BCUT2D eigenvalue weighted by atomic mass is 16.4. The quantitative estimate of drug-likeness (QED) is 0.553. The average Bonchev–Trinajstić information content (AvgIpc) is 2.26. The van der Waals surface area contributed by atoms with Gasteiger partial charge in [-0.15, -0.1) is 12.3 Å². The second-order valence-corrected chi connectivity index (χ2v) is 4.80. The van der Waals surface area contributed by atoms with E-state index >= 15 is 0 Å². The molecule has 0 heterocycles. The summed E-state index contributed by atoms with van der Waals surface area (Å²) in [5.74, 6) is 1.33. The van der Waals surface area contributed by atoms with Crippen molar-refractivity contribution in [2.24, 2.45) is 17.6 Å². The smallest absolute Gasteiger partial charge is 0.327 e. The van der Waals surface area contributed by atoms with Gasteiger partial charge in [-0.3, -0.25) is 4.79 Å². The summed E-state index contributed by atoms with van der Waals surface area (Å²) in [5, 5.41) is 11.3. The van der Waals surface area contributed by atoms with Crippen molar-refractivity contribution < 1.29 is 14.7 Å². The topological polar surface area (TPSA) is 92.4 Å². The van der Waals surface area contributed by atoms with Gasteiger partial charge in [-0.1, -0.05) is 13.8 Å². The van der Waals surface area contributed by atoms with Crippen molar-refractivity contribution in [2.45, 2.75) is 39.2 Å². The highest BCUT2D eigenvalue weighted by molar-refractivity contribution is 5.83. The maximum Gasteiger partial charge on any atom is 0.327 e. The molecule has 4 N–H and O–H groups in total. The van der Waals surface area contributed by atoms with Crippen LogP contribution in [0.1, 0.15) is 33.1 Å². The van der Waals surface area contributed by atoms with Gasteiger partial charge in [0, 0.05) is 12.8 Å². The number of carboxylic acid groups (broad SMARTS) is 1. The molecule has 0 aliphatic rings. The van der Waals surface area contributed by atoms with Crippen LogP contribution in [0.5, 0.6) is 0 Å². The lowest BCUT2D eigenvalue weighted by molar-refractivity contribution is -0.141. The molecule has 0 saturated heterocycles. The minimum atomic E-state index is -1.12. The maximum absolute atomic E-state index is 11.7. The summed E-state index contributed by atoms with van der Waals surface area (Å²) >= 11 is 0. The Labute approximate surface area is 108 Å². The van der Waals surface area contributed by atoms with E-state index in [9.17, 15) is 9.59 Å². The van der Waals surface area contributed by atoms with E-state index < -0.39 is 12.0 Å². The standard InChI is InChI=1S/C13H22N2O3/c1-4-5-11(13(17)18)15-12(16)7-10(8-14)6-9(2)3/h1,9-11H,5-8,14H2,2-3H3,(H,15,16)(H,17,18)/t10-,11?/m0/s1. The fourth-order valence-electron chi connectivity index (χ4n) is 1.76. The lowest BCUT2D eigenvalue weighted by atomic mass is 9.94. The van der Waals surface area contributed by atoms with Gasteiger partial charge in [0.2, 0.25) is 5.91 Å². The van der Waals surface area contributed by atoms with Crippen LogP contribution in [-0.2, 0) is 9.59 Å². The Morgan fingerprint density at radius 2 is 2.06 bits per heavy atom. The highest BCUT2D eigenvalue weighted by Crippen LogP contribution is 2.14. The van der Waals surface area contributed by atoms with Crippen LogP contribution in [0.4, 0.5) is 0 Å². The van der Waals surface area contributed by atoms with Crippen LogP contribution in [0, 0.1) is 24.2 Å². The molecule has 5 heteroatoms. The fourth-order valence-corrected chi connectivity index (χ4v) is 1.76. The van der Waals surface area contributed by atoms with Crippen molar-refractivity contribution in [1.82, 2.24) is 5.32 Å². The Morgan fingerprint density at radius 3 is 2.44 bits per heavy atom. The first-order valence-corrected chi connectivity index (χ1v) is 6.06. The molecular formula is C13H22N2O3. The van der Waals surface area contributed by atoms with Gasteiger partial charge in [0.1, 0.15) is 6.04 Å². The third-order valence-electron chi connectivity index (χ3n) is 2.57. The molecule has 2 atom stereocenters. The number of rotatable bonds is 8. The van der Waals surface area contributed by atoms with Gasteiger partial charge in [0.25, 0.3) is 0 Å². The first kappa shape index (κ1) is 16.5. The van der Waals surface area contributed by atoms with Crippen molar-refractivity contribution in [3.05, 3.63) is 0 Å². The predicted molar refractivity (Wildman–Crippen MR) is 69.6 cm³/mol. The normalized spacial score (nSPS) is 13.7. The van der Waals surface area contributed by atoms with Crippen LogP contribution < -0.4 is 11.1 Å². The molecule has 0 spiro atoms. The van der Waals surface area contributed by atoms with Crippen LogP contribution >= 0.6 is 0 Å². The Bertz CT molecular complexity index is 321. The Hall–Kier alpha value is -1.54. The van der Waals surface area contributed by atoms with E-state index in [0.29, 0.717) is 12.5 Å². The van der Waals surface area contributed by atoms with E-state index in [-0.39, 0.29) is 24.7 Å². The van der Waals surface area contributed by atoms with E-state index in [2.05, 4.69) is 25.1 Å². The van der Waals surface area contributed by atoms with Gasteiger partial charge in [-0.2, -0.15) is 0 Å². The van der Waals surface area contributed by atoms with Crippen molar-refractivity contribution in [3.63, 3.8) is 0 Å². The summed E-state index contributed by atoms with van der Waals surface area (Å²) in [6.07, 6.45) is 6.12. The van der Waals surface area contributed by atoms with Crippen molar-refractivity contribution >= 4 is 11.9 Å². The Kier molecular flexibility index (Phi) is 7.81. The zero-order chi connectivity index (χ0) is 14.1. The molecule has 0 rings (SSSR count). The zero-order valence-electron chi connectivity index (χ0n) is 11.0. The maximum atomic E-state index is 11.7. The second kappa shape index (κ2) is 8.54. The summed E-state index contributed by atoms with van der Waals surface area (Å²) in [7, 11) is 0. The lowest BCUT2D eigenvalue weighted by Gasteiger charge is -2.18. The number of carbonyl (C=O) groups is 2. The summed E-state index contributed by atoms with van der Waals surface area (Å²) in [4.78, 5) is 22.5. The molecule has 102 valence electrons. The van der Waals surface area contributed by atoms with Gasteiger partial charge in [0.15, 0.2) is 0 Å². The molecule has 1 amide bonds. The van der Waals surface area contributed by atoms with E-state index in [1.165, 1.54) is 0 Å². The first-order valence-electron chi connectivity index (χ1n) is 6.06.